The summed E-state index contributed by atoms with van der Waals surface area (Å²) in [6.07, 6.45) is 23.9. The van der Waals surface area contributed by atoms with Gasteiger partial charge in [-0.3, -0.25) is 0 Å². The molecule has 0 aliphatic carbocycles. The highest BCUT2D eigenvalue weighted by Gasteiger charge is 2.16. The summed E-state index contributed by atoms with van der Waals surface area (Å²) in [5, 5.41) is 0. The summed E-state index contributed by atoms with van der Waals surface area (Å²) in [5.41, 5.74) is 9.98. The second kappa shape index (κ2) is 31.8. The topological polar surface area (TPSA) is 105 Å². The van der Waals surface area contributed by atoms with Crippen molar-refractivity contribution in [2.75, 3.05) is 20.2 Å². The smallest absolute Gasteiger partial charge is 0.333 e. The molecule has 0 unspecified atom stereocenters. The van der Waals surface area contributed by atoms with Gasteiger partial charge in [-0.15, -0.1) is 0 Å². The van der Waals surface area contributed by atoms with Gasteiger partial charge in [0, 0.05) is 0 Å². The van der Waals surface area contributed by atoms with Crippen LogP contribution in [-0.2, 0) is 18.8 Å². The number of rotatable bonds is 22. The van der Waals surface area contributed by atoms with E-state index in [-0.39, 0.29) is 12.7 Å². The van der Waals surface area contributed by atoms with Gasteiger partial charge < -0.3 is 11.5 Å². The summed E-state index contributed by atoms with van der Waals surface area (Å²) in [5.74, 6) is 0. The average molecular weight is 497 g/mol. The molecule has 0 heterocycles. The van der Waals surface area contributed by atoms with E-state index in [0.29, 0.717) is 12.8 Å². The Bertz CT molecular complexity index is 414. The lowest BCUT2D eigenvalue weighted by Crippen LogP contribution is -2.18. The number of hydrogen-bond donors (Lipinski definition) is 2. The molecule has 0 aromatic heterocycles. The minimum Gasteiger partial charge on any atom is -0.333 e. The fourth-order valence-electron chi connectivity index (χ4n) is 3.46. The molecule has 0 radical (unpaired) electrons. The Labute approximate surface area is 208 Å². The Balaban J connectivity index is -0.000000553. The molecule has 0 aliphatic rings. The molecule has 6 nitrogen and oxygen atoms in total. The van der Waals surface area contributed by atoms with Crippen LogP contribution in [0.25, 0.3) is 0 Å². The first kappa shape index (κ1) is 37.3. The summed E-state index contributed by atoms with van der Waals surface area (Å²) in [7, 11) is -2.26. The number of nitrogens with two attached hydrogens (primary N) is 2. The third-order valence-corrected chi connectivity index (χ3v) is 6.52. The first-order valence-corrected chi connectivity index (χ1v) is 15.2. The number of hydrogen-bond acceptors (Lipinski definition) is 6. The van der Waals surface area contributed by atoms with Crippen LogP contribution >= 0.6 is 0 Å². The zero-order chi connectivity index (χ0) is 25.6. The highest BCUT2D eigenvalue weighted by atomic mass is 32.3. The van der Waals surface area contributed by atoms with Gasteiger partial charge in [-0.05, 0) is 39.8 Å². The van der Waals surface area contributed by atoms with Crippen LogP contribution in [0.4, 0.5) is 0 Å². The predicted molar refractivity (Wildman–Crippen MR) is 145 cm³/mol. The lowest BCUT2D eigenvalue weighted by Gasteiger charge is -2.12. The average Bonchev–Trinajstić information content (AvgIpc) is 2.81. The maximum absolute atomic E-state index is 10.9. The van der Waals surface area contributed by atoms with Crippen molar-refractivity contribution in [1.29, 1.82) is 0 Å². The van der Waals surface area contributed by atoms with Gasteiger partial charge in [0.05, 0.1) is 12.7 Å². The monoisotopic (exact) mass is 496 g/mol. The van der Waals surface area contributed by atoms with E-state index < -0.39 is 10.4 Å². The van der Waals surface area contributed by atoms with E-state index in [4.69, 9.17) is 9.92 Å². The van der Waals surface area contributed by atoms with Crippen molar-refractivity contribution in [2.45, 2.75) is 149 Å². The van der Waals surface area contributed by atoms with Crippen molar-refractivity contribution in [2.24, 2.45) is 11.5 Å². The first-order chi connectivity index (χ1) is 16.0. The van der Waals surface area contributed by atoms with Crippen LogP contribution in [-0.4, -0.2) is 34.7 Å². The van der Waals surface area contributed by atoms with Crippen LogP contribution in [0, 0.1) is 0 Å². The standard InChI is InChI=1S/C18H39N.C7H16O4S.CH5N/c1-2-3-4-5-6-7-8-9-10-11-12-13-14-15-16-17-18-19;1-4-7(5-2)11-12(8,9)10-6-3;1-2/h2-19H2,1H3;7H,4-6H2,1-3H3;2H2,1H3. The molecule has 7 heteroatoms. The molecular formula is C26H60N2O4S. The summed E-state index contributed by atoms with van der Waals surface area (Å²) in [6, 6.07) is 0. The molecule has 0 rings (SSSR count). The largest absolute Gasteiger partial charge is 0.400 e. The van der Waals surface area contributed by atoms with Crippen molar-refractivity contribution < 1.29 is 16.8 Å². The van der Waals surface area contributed by atoms with Crippen molar-refractivity contribution in [1.82, 2.24) is 0 Å². The minimum absolute atomic E-state index is 0.114. The second-order valence-electron chi connectivity index (χ2n) is 8.44. The zero-order valence-electron chi connectivity index (χ0n) is 22.9. The third kappa shape index (κ3) is 34.0. The van der Waals surface area contributed by atoms with Crippen LogP contribution in [0.2, 0.25) is 0 Å². The van der Waals surface area contributed by atoms with E-state index >= 15 is 0 Å². The molecular weight excluding hydrogens is 436 g/mol. The predicted octanol–water partition coefficient (Wildman–Crippen LogP) is 7.25. The van der Waals surface area contributed by atoms with Crippen molar-refractivity contribution in [3.8, 4) is 0 Å². The van der Waals surface area contributed by atoms with Gasteiger partial charge >= 0.3 is 10.4 Å². The highest BCUT2D eigenvalue weighted by molar-refractivity contribution is 7.81. The van der Waals surface area contributed by atoms with Gasteiger partial charge in [0.15, 0.2) is 0 Å². The van der Waals surface area contributed by atoms with Gasteiger partial charge in [-0.1, -0.05) is 117 Å². The molecule has 4 N–H and O–H groups in total. The van der Waals surface area contributed by atoms with E-state index in [1.807, 2.05) is 13.8 Å². The molecule has 0 spiro atoms. The summed E-state index contributed by atoms with van der Waals surface area (Å²) in [4.78, 5) is 0. The lowest BCUT2D eigenvalue weighted by atomic mass is 10.0. The summed E-state index contributed by atoms with van der Waals surface area (Å²) in [6.45, 7) is 8.62. The molecule has 0 aromatic carbocycles. The van der Waals surface area contributed by atoms with Crippen LogP contribution in [0.5, 0.6) is 0 Å². The Morgan fingerprint density at radius 3 is 1.21 bits per heavy atom. The fourth-order valence-corrected chi connectivity index (χ4v) is 4.41. The van der Waals surface area contributed by atoms with Gasteiger partial charge in [0.25, 0.3) is 0 Å². The zero-order valence-corrected chi connectivity index (χ0v) is 23.7. The maximum Gasteiger partial charge on any atom is 0.400 e. The van der Waals surface area contributed by atoms with E-state index in [1.165, 1.54) is 110 Å². The Kier molecular flexibility index (Phi) is 36.0. The van der Waals surface area contributed by atoms with Crippen LogP contribution in [0.3, 0.4) is 0 Å². The summed E-state index contributed by atoms with van der Waals surface area (Å²) >= 11 is 0. The molecule has 204 valence electrons. The highest BCUT2D eigenvalue weighted by Crippen LogP contribution is 2.13. The molecule has 0 fully saturated rings. The molecule has 33 heavy (non-hydrogen) atoms. The van der Waals surface area contributed by atoms with Crippen molar-refractivity contribution in [3.63, 3.8) is 0 Å². The van der Waals surface area contributed by atoms with Crippen LogP contribution < -0.4 is 11.5 Å². The third-order valence-electron chi connectivity index (χ3n) is 5.48. The quantitative estimate of drug-likeness (QED) is 0.153. The molecule has 0 atom stereocenters. The molecule has 0 amide bonds. The minimum atomic E-state index is -3.76. The molecule has 0 bridgehead atoms. The van der Waals surface area contributed by atoms with E-state index in [0.717, 1.165) is 6.54 Å². The Hall–Kier alpha value is -0.210. The second-order valence-corrected chi connectivity index (χ2v) is 9.69. The normalized spacial score (nSPS) is 11.0. The molecule has 0 aromatic rings. The molecule has 0 saturated carbocycles. The number of unbranched alkanes of at least 4 members (excludes halogenated alkanes) is 15. The SMILES string of the molecule is CCCCCCCCCCCCCCCCCCN.CCOS(=O)(=O)OC(CC)CC.CN. The molecule has 0 saturated heterocycles. The van der Waals surface area contributed by atoms with Gasteiger partial charge in [0.2, 0.25) is 0 Å². The van der Waals surface area contributed by atoms with Gasteiger partial charge in [-0.2, -0.15) is 8.42 Å². The van der Waals surface area contributed by atoms with Crippen molar-refractivity contribution in [3.05, 3.63) is 0 Å². The molecule has 0 aliphatic heterocycles. The van der Waals surface area contributed by atoms with E-state index in [2.05, 4.69) is 16.8 Å². The van der Waals surface area contributed by atoms with E-state index in [9.17, 15) is 8.42 Å². The Morgan fingerprint density at radius 2 is 0.939 bits per heavy atom. The maximum atomic E-state index is 10.9. The summed E-state index contributed by atoms with van der Waals surface area (Å²) < 4.78 is 31.0. The van der Waals surface area contributed by atoms with E-state index in [1.54, 1.807) is 6.92 Å². The van der Waals surface area contributed by atoms with Crippen LogP contribution in [0.15, 0.2) is 0 Å². The first-order valence-electron chi connectivity index (χ1n) is 13.8. The van der Waals surface area contributed by atoms with Crippen LogP contribution in [0.1, 0.15) is 143 Å². The lowest BCUT2D eigenvalue weighted by molar-refractivity contribution is 0.153. The Morgan fingerprint density at radius 1 is 0.606 bits per heavy atom. The fraction of sp³-hybridized carbons (Fsp3) is 1.00. The van der Waals surface area contributed by atoms with Gasteiger partial charge in [-0.25, -0.2) is 8.37 Å². The van der Waals surface area contributed by atoms with Crippen molar-refractivity contribution >= 4 is 10.4 Å². The van der Waals surface area contributed by atoms with Gasteiger partial charge in [0.1, 0.15) is 0 Å².